The lowest BCUT2D eigenvalue weighted by atomic mass is 9.92. The van der Waals surface area contributed by atoms with E-state index in [1.54, 1.807) is 19.9 Å². The first-order chi connectivity index (χ1) is 15.1. The zero-order valence-corrected chi connectivity index (χ0v) is 18.4. The Morgan fingerprint density at radius 1 is 1.38 bits per heavy atom. The molecule has 4 atom stereocenters. The standard InChI is InChI=1S/C21H27N5O6/c1-11(2)7-16(27)31-17-14(8-30-20(29)12(3)4)32-21(9-22,18(17)28)15-6-5-13-19(23)24-10-25-26(13)15/h5-6,10-12,14,17-18,28H,7-8H2,1-4H3,(H2,23,24,25)/t14-,17-,18-,21+/m1/s1. The number of hydrogen-bond donors (Lipinski definition) is 2. The van der Waals surface area contributed by atoms with Crippen molar-refractivity contribution in [2.75, 3.05) is 12.3 Å². The molecule has 0 aliphatic carbocycles. The first kappa shape index (κ1) is 23.4. The molecule has 11 heteroatoms. The Labute approximate surface area is 185 Å². The van der Waals surface area contributed by atoms with Crippen molar-refractivity contribution in [1.82, 2.24) is 14.6 Å². The maximum atomic E-state index is 12.4. The van der Waals surface area contributed by atoms with Crippen molar-refractivity contribution in [2.45, 2.75) is 58.0 Å². The molecule has 2 aromatic heterocycles. The van der Waals surface area contributed by atoms with Crippen LogP contribution in [0.3, 0.4) is 0 Å². The number of anilines is 1. The molecule has 11 nitrogen and oxygen atoms in total. The van der Waals surface area contributed by atoms with Gasteiger partial charge in [-0.25, -0.2) is 9.50 Å². The Hall–Kier alpha value is -3.23. The van der Waals surface area contributed by atoms with E-state index < -0.39 is 41.8 Å². The molecule has 32 heavy (non-hydrogen) atoms. The molecular formula is C21H27N5O6. The predicted molar refractivity (Wildman–Crippen MR) is 111 cm³/mol. The lowest BCUT2D eigenvalue weighted by Crippen LogP contribution is -2.43. The Morgan fingerprint density at radius 3 is 2.72 bits per heavy atom. The van der Waals surface area contributed by atoms with Gasteiger partial charge in [-0.2, -0.15) is 10.4 Å². The zero-order valence-electron chi connectivity index (χ0n) is 18.4. The Morgan fingerprint density at radius 2 is 2.09 bits per heavy atom. The van der Waals surface area contributed by atoms with Gasteiger partial charge in [-0.1, -0.05) is 27.7 Å². The molecule has 1 aliphatic heterocycles. The predicted octanol–water partition coefficient (Wildman–Crippen LogP) is 0.947. The van der Waals surface area contributed by atoms with Crippen LogP contribution in [0.4, 0.5) is 5.82 Å². The molecule has 0 radical (unpaired) electrons. The second-order valence-electron chi connectivity index (χ2n) is 8.45. The number of ether oxygens (including phenoxy) is 3. The lowest BCUT2D eigenvalue weighted by molar-refractivity contribution is -0.162. The van der Waals surface area contributed by atoms with Crippen LogP contribution in [0, 0.1) is 23.2 Å². The van der Waals surface area contributed by atoms with E-state index in [9.17, 15) is 20.0 Å². The summed E-state index contributed by atoms with van der Waals surface area (Å²) in [6.07, 6.45) is -2.58. The van der Waals surface area contributed by atoms with Gasteiger partial charge in [0.1, 0.15) is 36.7 Å². The van der Waals surface area contributed by atoms with E-state index in [0.29, 0.717) is 5.52 Å². The van der Waals surface area contributed by atoms with Crippen LogP contribution in [-0.2, 0) is 29.4 Å². The molecule has 3 N–H and O–H groups in total. The number of aliphatic hydroxyl groups is 1. The maximum Gasteiger partial charge on any atom is 0.308 e. The summed E-state index contributed by atoms with van der Waals surface area (Å²) in [6.45, 7) is 6.73. The van der Waals surface area contributed by atoms with E-state index in [1.807, 2.05) is 19.9 Å². The highest BCUT2D eigenvalue weighted by molar-refractivity contribution is 5.71. The molecule has 3 heterocycles. The number of nitriles is 1. The Kier molecular flexibility index (Phi) is 6.66. The van der Waals surface area contributed by atoms with Gasteiger partial charge in [0.15, 0.2) is 11.9 Å². The summed E-state index contributed by atoms with van der Waals surface area (Å²) in [5.41, 5.74) is 4.52. The minimum Gasteiger partial charge on any atom is -0.463 e. The monoisotopic (exact) mass is 445 g/mol. The zero-order chi connectivity index (χ0) is 23.6. The number of fused-ring (bicyclic) bond motifs is 1. The number of rotatable bonds is 7. The second-order valence-corrected chi connectivity index (χ2v) is 8.45. The average Bonchev–Trinajstić information content (AvgIpc) is 3.27. The molecule has 0 unspecified atom stereocenters. The number of carbonyl (C=O) groups is 2. The van der Waals surface area contributed by atoms with Gasteiger partial charge in [0, 0.05) is 6.42 Å². The van der Waals surface area contributed by atoms with Gasteiger partial charge in [0.2, 0.25) is 5.60 Å². The SMILES string of the molecule is CC(C)CC(=O)O[C@H]1[C@@H](O)[C@](C#N)(c2ccc3c(N)ncnn23)O[C@@H]1COC(=O)C(C)C. The van der Waals surface area contributed by atoms with Crippen molar-refractivity contribution < 1.29 is 28.9 Å². The number of nitrogens with two attached hydrogens (primary N) is 1. The highest BCUT2D eigenvalue weighted by atomic mass is 16.6. The quantitative estimate of drug-likeness (QED) is 0.587. The van der Waals surface area contributed by atoms with Crippen molar-refractivity contribution >= 4 is 23.3 Å². The van der Waals surface area contributed by atoms with Crippen molar-refractivity contribution in [1.29, 1.82) is 5.26 Å². The van der Waals surface area contributed by atoms with Crippen LogP contribution in [0.1, 0.15) is 39.8 Å². The fourth-order valence-corrected chi connectivity index (χ4v) is 3.54. The smallest absolute Gasteiger partial charge is 0.308 e. The molecule has 1 aliphatic rings. The second kappa shape index (κ2) is 9.10. The first-order valence-electron chi connectivity index (χ1n) is 10.3. The van der Waals surface area contributed by atoms with Crippen LogP contribution < -0.4 is 5.73 Å². The van der Waals surface area contributed by atoms with Crippen LogP contribution in [0.5, 0.6) is 0 Å². The molecule has 172 valence electrons. The third-order valence-corrected chi connectivity index (χ3v) is 5.16. The molecule has 2 aromatic rings. The van der Waals surface area contributed by atoms with Gasteiger partial charge in [-0.15, -0.1) is 0 Å². The molecular weight excluding hydrogens is 418 g/mol. The molecule has 3 rings (SSSR count). The number of esters is 2. The third-order valence-electron chi connectivity index (χ3n) is 5.16. The Balaban J connectivity index is 1.99. The van der Waals surface area contributed by atoms with Crippen LogP contribution in [0.25, 0.3) is 5.52 Å². The number of aromatic nitrogens is 3. The van der Waals surface area contributed by atoms with Crippen LogP contribution in [-0.4, -0.2) is 56.6 Å². The van der Waals surface area contributed by atoms with E-state index in [0.717, 1.165) is 0 Å². The summed E-state index contributed by atoms with van der Waals surface area (Å²) in [7, 11) is 0. The number of nitrogen functional groups attached to an aromatic ring is 1. The number of nitrogens with zero attached hydrogens (tertiary/aromatic N) is 4. The largest absolute Gasteiger partial charge is 0.463 e. The summed E-state index contributed by atoms with van der Waals surface area (Å²) in [5, 5.41) is 25.4. The average molecular weight is 445 g/mol. The summed E-state index contributed by atoms with van der Waals surface area (Å²) >= 11 is 0. The van der Waals surface area contributed by atoms with Gasteiger partial charge >= 0.3 is 11.9 Å². The van der Waals surface area contributed by atoms with E-state index in [-0.39, 0.29) is 30.5 Å². The van der Waals surface area contributed by atoms with E-state index in [2.05, 4.69) is 10.1 Å². The molecule has 0 amide bonds. The van der Waals surface area contributed by atoms with Crippen molar-refractivity contribution in [3.05, 3.63) is 24.2 Å². The highest BCUT2D eigenvalue weighted by Gasteiger charge is 2.60. The first-order valence-corrected chi connectivity index (χ1v) is 10.3. The van der Waals surface area contributed by atoms with Crippen molar-refractivity contribution in [3.8, 4) is 6.07 Å². The van der Waals surface area contributed by atoms with E-state index >= 15 is 0 Å². The molecule has 0 saturated carbocycles. The number of carbonyl (C=O) groups excluding carboxylic acids is 2. The minimum absolute atomic E-state index is 0.0224. The molecule has 0 aromatic carbocycles. The maximum absolute atomic E-state index is 12.4. The molecule has 1 fully saturated rings. The fraction of sp³-hybridized carbons (Fsp3) is 0.571. The van der Waals surface area contributed by atoms with E-state index in [1.165, 1.54) is 16.9 Å². The minimum atomic E-state index is -1.95. The number of aliphatic hydroxyl groups excluding tert-OH is 1. The van der Waals surface area contributed by atoms with Gasteiger partial charge in [0.25, 0.3) is 0 Å². The van der Waals surface area contributed by atoms with Crippen LogP contribution in [0.15, 0.2) is 18.5 Å². The van der Waals surface area contributed by atoms with Gasteiger partial charge in [0.05, 0.1) is 11.6 Å². The lowest BCUT2D eigenvalue weighted by Gasteiger charge is -2.24. The van der Waals surface area contributed by atoms with Crippen LogP contribution >= 0.6 is 0 Å². The molecule has 0 spiro atoms. The summed E-state index contributed by atoms with van der Waals surface area (Å²) in [5.74, 6) is -1.24. The molecule has 0 bridgehead atoms. The van der Waals surface area contributed by atoms with Gasteiger partial charge in [-0.3, -0.25) is 9.59 Å². The van der Waals surface area contributed by atoms with Gasteiger partial charge in [-0.05, 0) is 18.1 Å². The van der Waals surface area contributed by atoms with E-state index in [4.69, 9.17) is 19.9 Å². The van der Waals surface area contributed by atoms with Crippen molar-refractivity contribution in [3.63, 3.8) is 0 Å². The summed E-state index contributed by atoms with van der Waals surface area (Å²) in [6, 6.07) is 5.12. The number of hydrogen-bond acceptors (Lipinski definition) is 10. The normalized spacial score (nSPS) is 25.2. The van der Waals surface area contributed by atoms with Crippen LogP contribution in [0.2, 0.25) is 0 Å². The fourth-order valence-electron chi connectivity index (χ4n) is 3.54. The topological polar surface area (TPSA) is 162 Å². The highest BCUT2D eigenvalue weighted by Crippen LogP contribution is 2.42. The summed E-state index contributed by atoms with van der Waals surface area (Å²) < 4.78 is 18.1. The third kappa shape index (κ3) is 4.24. The molecule has 1 saturated heterocycles. The summed E-state index contributed by atoms with van der Waals surface area (Å²) in [4.78, 5) is 28.3. The Bertz CT molecular complexity index is 1040. The van der Waals surface area contributed by atoms with Gasteiger partial charge < -0.3 is 25.1 Å². The van der Waals surface area contributed by atoms with Crippen molar-refractivity contribution in [2.24, 2.45) is 11.8 Å².